The Bertz CT molecular complexity index is 854. The van der Waals surface area contributed by atoms with E-state index in [4.69, 9.17) is 11.1 Å². The largest absolute Gasteiger partial charge is 0.248 e. The highest BCUT2D eigenvalue weighted by atomic mass is 35.6. The average Bonchev–Trinajstić information content (AvgIpc) is 2.53. The average molecular weight is 379 g/mol. The van der Waals surface area contributed by atoms with Gasteiger partial charge in [-0.1, -0.05) is 65.7 Å². The summed E-state index contributed by atoms with van der Waals surface area (Å²) in [5, 5.41) is 3.93. The van der Waals surface area contributed by atoms with Crippen molar-refractivity contribution < 1.29 is 0 Å². The van der Waals surface area contributed by atoms with E-state index in [0.29, 0.717) is 0 Å². The molecule has 0 radical (unpaired) electrons. The molecule has 0 saturated heterocycles. The Hall–Kier alpha value is -1.83. The van der Waals surface area contributed by atoms with E-state index in [1.54, 1.807) is 0 Å². The molecular formula is C24H27ClSi. The van der Waals surface area contributed by atoms with E-state index in [1.165, 1.54) is 48.9 Å². The fourth-order valence-corrected chi connectivity index (χ4v) is 10.6. The summed E-state index contributed by atoms with van der Waals surface area (Å²) < 4.78 is 0. The van der Waals surface area contributed by atoms with Crippen LogP contribution in [0.2, 0.25) is 0 Å². The Morgan fingerprint density at radius 2 is 0.923 bits per heavy atom. The third kappa shape index (κ3) is 3.15. The van der Waals surface area contributed by atoms with Crippen LogP contribution < -0.4 is 15.6 Å². The lowest BCUT2D eigenvalue weighted by atomic mass is 10.1. The molecular weight excluding hydrogens is 352 g/mol. The van der Waals surface area contributed by atoms with Crippen molar-refractivity contribution in [1.29, 1.82) is 0 Å². The monoisotopic (exact) mass is 378 g/mol. The number of hydrogen-bond donors (Lipinski definition) is 0. The molecule has 0 nitrogen and oxygen atoms in total. The summed E-state index contributed by atoms with van der Waals surface area (Å²) in [5.41, 5.74) is 7.78. The lowest BCUT2D eigenvalue weighted by Gasteiger charge is -2.32. The highest BCUT2D eigenvalue weighted by Crippen LogP contribution is 2.21. The van der Waals surface area contributed by atoms with Gasteiger partial charge in [0.15, 0.2) is 0 Å². The first-order valence-electron chi connectivity index (χ1n) is 9.16. The third-order valence-corrected chi connectivity index (χ3v) is 11.1. The van der Waals surface area contributed by atoms with Gasteiger partial charge in [-0.15, -0.1) is 11.1 Å². The van der Waals surface area contributed by atoms with E-state index in [0.717, 1.165) is 0 Å². The fourth-order valence-electron chi connectivity index (χ4n) is 4.53. The molecule has 0 spiro atoms. The highest BCUT2D eigenvalue weighted by Gasteiger charge is 2.42. The zero-order valence-electron chi connectivity index (χ0n) is 16.6. The van der Waals surface area contributed by atoms with E-state index in [-0.39, 0.29) is 0 Å². The van der Waals surface area contributed by atoms with Crippen molar-refractivity contribution in [3.63, 3.8) is 0 Å². The minimum absolute atomic E-state index is 1.26. The van der Waals surface area contributed by atoms with E-state index in [9.17, 15) is 0 Å². The molecule has 26 heavy (non-hydrogen) atoms. The van der Waals surface area contributed by atoms with Crippen LogP contribution in [0.4, 0.5) is 0 Å². The molecule has 0 heterocycles. The molecule has 0 unspecified atom stereocenters. The van der Waals surface area contributed by atoms with Crippen LogP contribution in [0.5, 0.6) is 0 Å². The number of halogens is 1. The fraction of sp³-hybridized carbons (Fsp3) is 0.250. The van der Waals surface area contributed by atoms with Crippen molar-refractivity contribution in [2.45, 2.75) is 41.5 Å². The zero-order chi connectivity index (χ0) is 19.1. The van der Waals surface area contributed by atoms with Crippen molar-refractivity contribution in [3.05, 3.63) is 88.0 Å². The second-order valence-electron chi connectivity index (χ2n) is 7.57. The molecule has 0 aromatic heterocycles. The summed E-state index contributed by atoms with van der Waals surface area (Å²) >= 11 is 7.78. The molecule has 0 aliphatic heterocycles. The lowest BCUT2D eigenvalue weighted by Crippen LogP contribution is -2.65. The van der Waals surface area contributed by atoms with Crippen molar-refractivity contribution in [3.8, 4) is 0 Å². The van der Waals surface area contributed by atoms with Crippen molar-refractivity contribution in [1.82, 2.24) is 0 Å². The first kappa shape index (κ1) is 18.9. The van der Waals surface area contributed by atoms with Crippen LogP contribution >= 0.6 is 11.1 Å². The van der Waals surface area contributed by atoms with Gasteiger partial charge in [0.05, 0.1) is 0 Å². The van der Waals surface area contributed by atoms with E-state index in [1.807, 2.05) is 0 Å². The molecule has 3 aromatic carbocycles. The van der Waals surface area contributed by atoms with Crippen LogP contribution in [0.1, 0.15) is 33.4 Å². The minimum atomic E-state index is -2.63. The smallest absolute Gasteiger partial charge is 0.149 e. The van der Waals surface area contributed by atoms with Crippen molar-refractivity contribution >= 4 is 34.0 Å². The first-order valence-corrected chi connectivity index (χ1v) is 12.2. The Morgan fingerprint density at radius 3 is 1.27 bits per heavy atom. The minimum Gasteiger partial charge on any atom is -0.149 e. The second kappa shape index (κ2) is 7.06. The molecule has 2 heteroatoms. The summed E-state index contributed by atoms with van der Waals surface area (Å²) in [7, 11) is -2.63. The molecule has 0 atom stereocenters. The maximum atomic E-state index is 7.78. The summed E-state index contributed by atoms with van der Waals surface area (Å²) in [6.45, 7) is 13.2. The molecule has 134 valence electrons. The van der Waals surface area contributed by atoms with Gasteiger partial charge in [-0.3, -0.25) is 0 Å². The standard InChI is InChI=1S/C24H27ClSi/c1-16-12-18(3)23(19(4)13-16)26(25,22-10-8-7-9-11-22)24-20(5)14-17(2)15-21(24)6/h7-15H,1-6H3. The summed E-state index contributed by atoms with van der Waals surface area (Å²) in [5.74, 6) is 0. The van der Waals surface area contributed by atoms with E-state index >= 15 is 0 Å². The van der Waals surface area contributed by atoms with Crippen LogP contribution in [-0.2, 0) is 0 Å². The molecule has 0 N–H and O–H groups in total. The van der Waals surface area contributed by atoms with Crippen LogP contribution in [0.25, 0.3) is 0 Å². The Balaban J connectivity index is 2.45. The van der Waals surface area contributed by atoms with Crippen molar-refractivity contribution in [2.24, 2.45) is 0 Å². The normalized spacial score (nSPS) is 11.7. The van der Waals surface area contributed by atoms with Gasteiger partial charge in [0.25, 0.3) is 0 Å². The zero-order valence-corrected chi connectivity index (χ0v) is 18.3. The quantitative estimate of drug-likeness (QED) is 0.350. The molecule has 0 bridgehead atoms. The van der Waals surface area contributed by atoms with Crippen LogP contribution in [0.3, 0.4) is 0 Å². The van der Waals surface area contributed by atoms with Gasteiger partial charge in [-0.25, -0.2) is 0 Å². The lowest BCUT2D eigenvalue weighted by molar-refractivity contribution is 1.33. The van der Waals surface area contributed by atoms with Gasteiger partial charge in [-0.2, -0.15) is 0 Å². The third-order valence-electron chi connectivity index (χ3n) is 5.21. The molecule has 0 amide bonds. The van der Waals surface area contributed by atoms with Gasteiger partial charge >= 0.3 is 0 Å². The van der Waals surface area contributed by atoms with Gasteiger partial charge in [0.1, 0.15) is 0 Å². The van der Waals surface area contributed by atoms with E-state index < -0.39 is 7.38 Å². The molecule has 0 fully saturated rings. The van der Waals surface area contributed by atoms with Gasteiger partial charge in [0.2, 0.25) is 7.38 Å². The van der Waals surface area contributed by atoms with Crippen LogP contribution in [0, 0.1) is 41.5 Å². The molecule has 0 aliphatic carbocycles. The molecule has 0 saturated carbocycles. The molecule has 3 aromatic rings. The number of rotatable bonds is 3. The number of aryl methyl sites for hydroxylation is 6. The summed E-state index contributed by atoms with van der Waals surface area (Å²) in [6.07, 6.45) is 0. The predicted molar refractivity (Wildman–Crippen MR) is 118 cm³/mol. The molecule has 0 aliphatic rings. The Morgan fingerprint density at radius 1 is 0.577 bits per heavy atom. The SMILES string of the molecule is Cc1cc(C)c([Si](Cl)(c2ccccc2)c2c(C)cc(C)cc2C)c(C)c1. The second-order valence-corrected chi connectivity index (χ2v) is 12.2. The van der Waals surface area contributed by atoms with Crippen molar-refractivity contribution in [2.75, 3.05) is 0 Å². The summed E-state index contributed by atoms with van der Waals surface area (Å²) in [4.78, 5) is 0. The highest BCUT2D eigenvalue weighted by molar-refractivity contribution is 7.41. The van der Waals surface area contributed by atoms with Crippen LogP contribution in [0.15, 0.2) is 54.6 Å². The Labute approximate surface area is 163 Å². The van der Waals surface area contributed by atoms with Crippen LogP contribution in [-0.4, -0.2) is 7.38 Å². The van der Waals surface area contributed by atoms with Gasteiger partial charge < -0.3 is 0 Å². The number of benzene rings is 3. The molecule has 3 rings (SSSR count). The van der Waals surface area contributed by atoms with Gasteiger partial charge in [-0.05, 0) is 79.4 Å². The predicted octanol–water partition coefficient (Wildman–Crippen LogP) is 4.74. The Kier molecular flexibility index (Phi) is 5.14. The first-order chi connectivity index (χ1) is 12.2. The topological polar surface area (TPSA) is 0 Å². The maximum absolute atomic E-state index is 7.78. The summed E-state index contributed by atoms with van der Waals surface area (Å²) in [6, 6.07) is 19.8. The number of hydrogen-bond acceptors (Lipinski definition) is 0. The van der Waals surface area contributed by atoms with E-state index in [2.05, 4.69) is 96.1 Å². The maximum Gasteiger partial charge on any atom is 0.248 e. The van der Waals surface area contributed by atoms with Gasteiger partial charge in [0, 0.05) is 0 Å².